The molecule has 0 amide bonds. The second-order valence-electron chi connectivity index (χ2n) is 6.47. The average molecular weight is 444 g/mol. The number of hydrogen-bond acceptors (Lipinski definition) is 3. The van der Waals surface area contributed by atoms with E-state index < -0.39 is 0 Å². The van der Waals surface area contributed by atoms with Crippen molar-refractivity contribution in [2.24, 2.45) is 0 Å². The lowest BCUT2D eigenvalue weighted by Gasteiger charge is -2.16. The fourth-order valence-electron chi connectivity index (χ4n) is 2.74. The summed E-state index contributed by atoms with van der Waals surface area (Å²) < 4.78 is 25.6. The molecule has 0 saturated carbocycles. The van der Waals surface area contributed by atoms with Gasteiger partial charge in [-0.2, -0.15) is 0 Å². The summed E-state index contributed by atoms with van der Waals surface area (Å²) >= 11 is 3.60. The Morgan fingerprint density at radius 1 is 0.929 bits per heavy atom. The minimum absolute atomic E-state index is 0.259. The zero-order valence-corrected chi connectivity index (χ0v) is 17.6. The van der Waals surface area contributed by atoms with Gasteiger partial charge in [-0.05, 0) is 77.3 Å². The first kappa shape index (κ1) is 20.2. The van der Waals surface area contributed by atoms with Gasteiger partial charge in [0.2, 0.25) is 0 Å². The molecule has 3 aromatic carbocycles. The summed E-state index contributed by atoms with van der Waals surface area (Å²) in [6.45, 7) is 5.54. The van der Waals surface area contributed by atoms with Gasteiger partial charge in [0.05, 0.1) is 11.1 Å². The van der Waals surface area contributed by atoms with Crippen molar-refractivity contribution in [3.63, 3.8) is 0 Å². The number of rotatable bonds is 8. The largest absolute Gasteiger partial charge is 0.490 e. The van der Waals surface area contributed by atoms with E-state index in [-0.39, 0.29) is 5.82 Å². The lowest BCUT2D eigenvalue weighted by atomic mass is 10.1. The number of ether oxygens (including phenoxy) is 2. The molecule has 3 rings (SSSR count). The van der Waals surface area contributed by atoms with Crippen LogP contribution in [-0.2, 0) is 13.2 Å². The fourth-order valence-corrected chi connectivity index (χ4v) is 3.34. The molecule has 0 aliphatic rings. The number of anilines is 1. The number of hydrogen-bond donors (Lipinski definition) is 1. The van der Waals surface area contributed by atoms with Gasteiger partial charge in [0, 0.05) is 12.2 Å². The number of benzene rings is 3. The molecule has 0 radical (unpaired) electrons. The smallest absolute Gasteiger partial charge is 0.175 e. The van der Waals surface area contributed by atoms with E-state index in [1.165, 1.54) is 17.7 Å². The van der Waals surface area contributed by atoms with Gasteiger partial charge >= 0.3 is 0 Å². The summed E-state index contributed by atoms with van der Waals surface area (Å²) in [5.41, 5.74) is 4.26. The average Bonchev–Trinajstić information content (AvgIpc) is 2.68. The summed E-state index contributed by atoms with van der Waals surface area (Å²) in [7, 11) is 0. The summed E-state index contributed by atoms with van der Waals surface area (Å²) in [6, 6.07) is 18.6. The van der Waals surface area contributed by atoms with Crippen molar-refractivity contribution in [2.75, 3.05) is 11.9 Å². The van der Waals surface area contributed by atoms with E-state index in [1.54, 1.807) is 12.1 Å². The molecule has 0 spiro atoms. The Labute approximate surface area is 173 Å². The Bertz CT molecular complexity index is 911. The Balaban J connectivity index is 1.73. The Morgan fingerprint density at radius 3 is 2.32 bits per heavy atom. The van der Waals surface area contributed by atoms with Crippen LogP contribution in [0.2, 0.25) is 0 Å². The van der Waals surface area contributed by atoms with E-state index >= 15 is 0 Å². The maximum atomic E-state index is 13.1. The monoisotopic (exact) mass is 443 g/mol. The van der Waals surface area contributed by atoms with Crippen molar-refractivity contribution < 1.29 is 13.9 Å². The SMILES string of the molecule is CCOc1cc(CNc2ccc(C)cc2)cc(Br)c1OCc1ccc(F)cc1. The van der Waals surface area contributed by atoms with Crippen molar-refractivity contribution in [2.45, 2.75) is 27.0 Å². The lowest BCUT2D eigenvalue weighted by molar-refractivity contribution is 0.267. The van der Waals surface area contributed by atoms with Crippen LogP contribution in [0.25, 0.3) is 0 Å². The molecule has 0 heterocycles. The van der Waals surface area contributed by atoms with Gasteiger partial charge in [-0.3, -0.25) is 0 Å². The molecule has 28 heavy (non-hydrogen) atoms. The van der Waals surface area contributed by atoms with Crippen LogP contribution in [-0.4, -0.2) is 6.61 Å². The summed E-state index contributed by atoms with van der Waals surface area (Å²) in [4.78, 5) is 0. The van der Waals surface area contributed by atoms with Crippen molar-refractivity contribution in [1.29, 1.82) is 0 Å². The van der Waals surface area contributed by atoms with Gasteiger partial charge in [-0.25, -0.2) is 4.39 Å². The number of halogens is 2. The second-order valence-corrected chi connectivity index (χ2v) is 7.33. The van der Waals surface area contributed by atoms with E-state index in [9.17, 15) is 4.39 Å². The van der Waals surface area contributed by atoms with Crippen LogP contribution in [0.1, 0.15) is 23.6 Å². The van der Waals surface area contributed by atoms with E-state index in [4.69, 9.17) is 9.47 Å². The van der Waals surface area contributed by atoms with Gasteiger partial charge < -0.3 is 14.8 Å². The van der Waals surface area contributed by atoms with Crippen LogP contribution in [0.4, 0.5) is 10.1 Å². The quantitative estimate of drug-likeness (QED) is 0.431. The number of aryl methyl sites for hydroxylation is 1. The Morgan fingerprint density at radius 2 is 1.64 bits per heavy atom. The normalized spacial score (nSPS) is 10.6. The molecule has 1 N–H and O–H groups in total. The third-order valence-corrected chi connectivity index (χ3v) is 4.80. The number of nitrogens with one attached hydrogen (secondary N) is 1. The molecule has 3 nitrogen and oxygen atoms in total. The third-order valence-electron chi connectivity index (χ3n) is 4.21. The molecule has 0 aliphatic heterocycles. The summed E-state index contributed by atoms with van der Waals surface area (Å²) in [5.74, 6) is 1.07. The Hall–Kier alpha value is -2.53. The first-order valence-electron chi connectivity index (χ1n) is 9.18. The minimum Gasteiger partial charge on any atom is -0.490 e. The lowest BCUT2D eigenvalue weighted by Crippen LogP contribution is -2.04. The summed E-state index contributed by atoms with van der Waals surface area (Å²) in [6.07, 6.45) is 0. The predicted molar refractivity (Wildman–Crippen MR) is 115 cm³/mol. The van der Waals surface area contributed by atoms with Crippen LogP contribution >= 0.6 is 15.9 Å². The standard InChI is InChI=1S/C23H23BrFNO2/c1-3-27-22-13-18(14-26-20-10-4-16(2)5-11-20)12-21(24)23(22)28-15-17-6-8-19(25)9-7-17/h4-13,26H,3,14-15H2,1-2H3. The predicted octanol–water partition coefficient (Wildman–Crippen LogP) is 6.49. The van der Waals surface area contributed by atoms with Gasteiger partial charge in [0.25, 0.3) is 0 Å². The third kappa shape index (κ3) is 5.49. The van der Waals surface area contributed by atoms with Crippen LogP contribution in [0, 0.1) is 12.7 Å². The van der Waals surface area contributed by atoms with E-state index in [0.717, 1.165) is 21.3 Å². The molecule has 3 aromatic rings. The highest BCUT2D eigenvalue weighted by Crippen LogP contribution is 2.37. The molecular weight excluding hydrogens is 421 g/mol. The minimum atomic E-state index is -0.259. The Kier molecular flexibility index (Phi) is 6.93. The van der Waals surface area contributed by atoms with Crippen molar-refractivity contribution >= 4 is 21.6 Å². The van der Waals surface area contributed by atoms with E-state index in [1.807, 2.05) is 19.1 Å². The van der Waals surface area contributed by atoms with Gasteiger partial charge in [-0.15, -0.1) is 0 Å². The van der Waals surface area contributed by atoms with Crippen molar-refractivity contribution in [3.05, 3.63) is 87.6 Å². The second kappa shape index (κ2) is 9.60. The van der Waals surface area contributed by atoms with Gasteiger partial charge in [0.1, 0.15) is 12.4 Å². The molecule has 0 aliphatic carbocycles. The highest BCUT2D eigenvalue weighted by molar-refractivity contribution is 9.10. The highest BCUT2D eigenvalue weighted by Gasteiger charge is 2.13. The molecule has 0 bridgehead atoms. The van der Waals surface area contributed by atoms with Gasteiger partial charge in [0.15, 0.2) is 11.5 Å². The first-order valence-corrected chi connectivity index (χ1v) is 9.97. The summed E-state index contributed by atoms with van der Waals surface area (Å²) in [5, 5.41) is 3.41. The van der Waals surface area contributed by atoms with Crippen molar-refractivity contribution in [1.82, 2.24) is 0 Å². The topological polar surface area (TPSA) is 30.5 Å². The zero-order chi connectivity index (χ0) is 19.9. The van der Waals surface area contributed by atoms with E-state index in [0.29, 0.717) is 31.3 Å². The van der Waals surface area contributed by atoms with Crippen LogP contribution in [0.5, 0.6) is 11.5 Å². The zero-order valence-electron chi connectivity index (χ0n) is 16.0. The maximum absolute atomic E-state index is 13.1. The molecule has 0 saturated heterocycles. The molecule has 0 atom stereocenters. The van der Waals surface area contributed by atoms with E-state index in [2.05, 4.69) is 52.4 Å². The molecular formula is C23H23BrFNO2. The maximum Gasteiger partial charge on any atom is 0.175 e. The first-order chi connectivity index (χ1) is 13.5. The molecule has 5 heteroatoms. The van der Waals surface area contributed by atoms with Crippen LogP contribution in [0.3, 0.4) is 0 Å². The van der Waals surface area contributed by atoms with Crippen molar-refractivity contribution in [3.8, 4) is 11.5 Å². The van der Waals surface area contributed by atoms with Gasteiger partial charge in [-0.1, -0.05) is 29.8 Å². The fraction of sp³-hybridized carbons (Fsp3) is 0.217. The van der Waals surface area contributed by atoms with Crippen LogP contribution in [0.15, 0.2) is 65.1 Å². The molecule has 0 fully saturated rings. The molecule has 0 unspecified atom stereocenters. The molecule has 0 aromatic heterocycles. The molecule has 146 valence electrons. The highest BCUT2D eigenvalue weighted by atomic mass is 79.9. The van der Waals surface area contributed by atoms with Crippen LogP contribution < -0.4 is 14.8 Å².